The smallest absolute Gasteiger partial charge is 0.324 e. The van der Waals surface area contributed by atoms with Crippen LogP contribution in [0.5, 0.6) is 0 Å². The number of aryl methyl sites for hydroxylation is 2. The van der Waals surface area contributed by atoms with E-state index in [1.165, 1.54) is 36.0 Å². The van der Waals surface area contributed by atoms with Crippen LogP contribution in [0.3, 0.4) is 0 Å². The molecule has 7 heteroatoms. The van der Waals surface area contributed by atoms with Crippen LogP contribution in [0.4, 0.5) is 0 Å². The number of aromatic nitrogens is 1. The number of rotatable bonds is 3. The molecule has 0 fully saturated rings. The van der Waals surface area contributed by atoms with E-state index in [0.717, 1.165) is 0 Å². The Kier molecular flexibility index (Phi) is 3.76. The molecule has 0 radical (unpaired) electrons. The summed E-state index contributed by atoms with van der Waals surface area (Å²) in [6.07, 6.45) is 1.75. The Bertz CT molecular complexity index is 894. The molecular weight excluding hydrogens is 312 g/mol. The second-order valence-corrected chi connectivity index (χ2v) is 5.35. The maximum Gasteiger partial charge on any atom is 0.365 e. The summed E-state index contributed by atoms with van der Waals surface area (Å²) >= 11 is 0. The van der Waals surface area contributed by atoms with E-state index < -0.39 is 17.8 Å². The van der Waals surface area contributed by atoms with Gasteiger partial charge in [-0.2, -0.15) is 0 Å². The number of pyridine rings is 1. The van der Waals surface area contributed by atoms with Gasteiger partial charge in [-0.3, -0.25) is 14.4 Å². The lowest BCUT2D eigenvalue weighted by Crippen LogP contribution is -2.33. The summed E-state index contributed by atoms with van der Waals surface area (Å²) in [5.74, 6) is -2.26. The number of hydroxylamine groups is 2. The molecule has 0 spiro atoms. The third-order valence-corrected chi connectivity index (χ3v) is 3.81. The Balaban J connectivity index is 1.89. The monoisotopic (exact) mass is 326 g/mol. The van der Waals surface area contributed by atoms with Gasteiger partial charge in [0.1, 0.15) is 0 Å². The zero-order valence-corrected chi connectivity index (χ0v) is 13.1. The standard InChI is InChI=1S/C17H14N2O5/c1-3-10-8-11(9-18(2)14(10)20)17(23)24-19-15(21)12-6-4-5-7-13(12)16(19)22/h4-9H,3H2,1-2H3. The average molecular weight is 326 g/mol. The topological polar surface area (TPSA) is 85.7 Å². The van der Waals surface area contributed by atoms with Crippen molar-refractivity contribution >= 4 is 17.8 Å². The Morgan fingerprint density at radius 2 is 1.67 bits per heavy atom. The number of imide groups is 1. The molecule has 2 heterocycles. The van der Waals surface area contributed by atoms with Gasteiger partial charge in [0.2, 0.25) is 0 Å². The molecule has 1 aromatic heterocycles. The summed E-state index contributed by atoms with van der Waals surface area (Å²) in [5, 5.41) is 0.448. The van der Waals surface area contributed by atoms with Crippen molar-refractivity contribution in [3.8, 4) is 0 Å². The van der Waals surface area contributed by atoms with Crippen LogP contribution in [-0.2, 0) is 18.3 Å². The molecule has 0 saturated carbocycles. The van der Waals surface area contributed by atoms with Gasteiger partial charge >= 0.3 is 5.97 Å². The zero-order chi connectivity index (χ0) is 17.4. The fourth-order valence-corrected chi connectivity index (χ4v) is 2.53. The lowest BCUT2D eigenvalue weighted by Gasteiger charge is -2.13. The van der Waals surface area contributed by atoms with Crippen molar-refractivity contribution in [2.75, 3.05) is 0 Å². The highest BCUT2D eigenvalue weighted by Gasteiger charge is 2.38. The minimum atomic E-state index is -0.880. The Hall–Kier alpha value is -3.22. The fourth-order valence-electron chi connectivity index (χ4n) is 2.53. The number of hydrogen-bond acceptors (Lipinski definition) is 5. The minimum absolute atomic E-state index is 0.0884. The second-order valence-electron chi connectivity index (χ2n) is 5.35. The van der Waals surface area contributed by atoms with Gasteiger partial charge in [0.05, 0.1) is 16.7 Å². The molecule has 0 atom stereocenters. The van der Waals surface area contributed by atoms with Crippen molar-refractivity contribution in [2.24, 2.45) is 7.05 Å². The van der Waals surface area contributed by atoms with Crippen LogP contribution in [0.1, 0.15) is 43.6 Å². The average Bonchev–Trinajstić information content (AvgIpc) is 2.82. The first-order chi connectivity index (χ1) is 11.4. The van der Waals surface area contributed by atoms with Crippen LogP contribution in [-0.4, -0.2) is 27.4 Å². The molecule has 1 aliphatic rings. The number of nitrogens with zero attached hydrogens (tertiary/aromatic N) is 2. The van der Waals surface area contributed by atoms with Crippen LogP contribution in [0, 0.1) is 0 Å². The van der Waals surface area contributed by atoms with E-state index >= 15 is 0 Å². The van der Waals surface area contributed by atoms with E-state index in [2.05, 4.69) is 0 Å². The van der Waals surface area contributed by atoms with E-state index in [1.807, 2.05) is 0 Å². The predicted molar refractivity (Wildman–Crippen MR) is 83.4 cm³/mol. The predicted octanol–water partition coefficient (Wildman–Crippen LogP) is 1.32. The van der Waals surface area contributed by atoms with Crippen molar-refractivity contribution in [2.45, 2.75) is 13.3 Å². The highest BCUT2D eigenvalue weighted by Crippen LogP contribution is 2.23. The summed E-state index contributed by atoms with van der Waals surface area (Å²) in [4.78, 5) is 53.5. The van der Waals surface area contributed by atoms with Gasteiger partial charge in [-0.15, -0.1) is 0 Å². The summed E-state index contributed by atoms with van der Waals surface area (Å²) in [6.45, 7) is 1.79. The van der Waals surface area contributed by atoms with E-state index in [1.54, 1.807) is 19.1 Å². The Morgan fingerprint density at radius 3 is 2.21 bits per heavy atom. The number of carbonyl (C=O) groups is 3. The SMILES string of the molecule is CCc1cc(C(=O)ON2C(=O)c3ccccc3C2=O)cn(C)c1=O. The van der Waals surface area contributed by atoms with Crippen LogP contribution in [0.2, 0.25) is 0 Å². The van der Waals surface area contributed by atoms with Crippen molar-refractivity contribution < 1.29 is 19.2 Å². The lowest BCUT2D eigenvalue weighted by molar-refractivity contribution is -0.0585. The minimum Gasteiger partial charge on any atom is -0.324 e. The molecule has 0 aliphatic carbocycles. The first-order valence-corrected chi connectivity index (χ1v) is 7.33. The van der Waals surface area contributed by atoms with Crippen molar-refractivity contribution in [3.05, 3.63) is 69.1 Å². The van der Waals surface area contributed by atoms with Gasteiger partial charge in [-0.25, -0.2) is 4.79 Å². The Labute approximate surface area is 137 Å². The first-order valence-electron chi connectivity index (χ1n) is 7.33. The second kappa shape index (κ2) is 5.77. The molecule has 0 N–H and O–H groups in total. The van der Waals surface area contributed by atoms with Crippen molar-refractivity contribution in [1.82, 2.24) is 9.63 Å². The molecule has 0 saturated heterocycles. The van der Waals surface area contributed by atoms with Gasteiger partial charge in [0.25, 0.3) is 17.4 Å². The first kappa shape index (κ1) is 15.7. The fraction of sp³-hybridized carbons (Fsp3) is 0.176. The third kappa shape index (κ3) is 2.40. The summed E-state index contributed by atoms with van der Waals surface area (Å²) < 4.78 is 1.26. The van der Waals surface area contributed by atoms with Crippen molar-refractivity contribution in [1.29, 1.82) is 0 Å². The molecule has 1 aliphatic heterocycles. The third-order valence-electron chi connectivity index (χ3n) is 3.81. The van der Waals surface area contributed by atoms with Gasteiger partial charge in [0.15, 0.2) is 0 Å². The normalized spacial score (nSPS) is 13.2. The number of benzene rings is 1. The summed E-state index contributed by atoms with van der Waals surface area (Å²) in [6, 6.07) is 7.63. The van der Waals surface area contributed by atoms with Gasteiger partial charge in [-0.1, -0.05) is 24.1 Å². The van der Waals surface area contributed by atoms with Crippen LogP contribution >= 0.6 is 0 Å². The molecule has 2 aromatic rings. The summed E-state index contributed by atoms with van der Waals surface area (Å²) in [5.41, 5.74) is 0.685. The van der Waals surface area contributed by atoms with E-state index in [9.17, 15) is 19.2 Å². The molecule has 3 rings (SSSR count). The number of amides is 2. The van der Waals surface area contributed by atoms with Gasteiger partial charge in [-0.05, 0) is 24.6 Å². The van der Waals surface area contributed by atoms with Gasteiger partial charge in [0, 0.05) is 18.8 Å². The molecule has 2 amide bonds. The quantitative estimate of drug-likeness (QED) is 0.794. The number of carbonyl (C=O) groups excluding carboxylic acids is 3. The maximum absolute atomic E-state index is 12.3. The highest BCUT2D eigenvalue weighted by atomic mass is 16.7. The van der Waals surface area contributed by atoms with E-state index in [-0.39, 0.29) is 22.2 Å². The lowest BCUT2D eigenvalue weighted by atomic mass is 10.1. The van der Waals surface area contributed by atoms with Crippen molar-refractivity contribution in [3.63, 3.8) is 0 Å². The molecule has 122 valence electrons. The van der Waals surface area contributed by atoms with Crippen LogP contribution < -0.4 is 5.56 Å². The molecular formula is C17H14N2O5. The van der Waals surface area contributed by atoms with Gasteiger partial charge < -0.3 is 9.40 Å². The summed E-state index contributed by atoms with van der Waals surface area (Å²) in [7, 11) is 1.51. The number of hydrogen-bond donors (Lipinski definition) is 0. The molecule has 0 bridgehead atoms. The van der Waals surface area contributed by atoms with Crippen LogP contribution in [0.25, 0.3) is 0 Å². The Morgan fingerprint density at radius 1 is 1.08 bits per heavy atom. The molecule has 24 heavy (non-hydrogen) atoms. The largest absolute Gasteiger partial charge is 0.365 e. The highest BCUT2D eigenvalue weighted by molar-refractivity contribution is 6.21. The maximum atomic E-state index is 12.3. The molecule has 7 nitrogen and oxygen atoms in total. The zero-order valence-electron chi connectivity index (χ0n) is 13.1. The van der Waals surface area contributed by atoms with E-state index in [4.69, 9.17) is 4.84 Å². The number of fused-ring (bicyclic) bond motifs is 1. The van der Waals surface area contributed by atoms with Crippen LogP contribution in [0.15, 0.2) is 41.3 Å². The molecule has 1 aromatic carbocycles. The van der Waals surface area contributed by atoms with E-state index in [0.29, 0.717) is 17.0 Å². The molecule has 0 unspecified atom stereocenters.